The third kappa shape index (κ3) is 3.86. The van der Waals surface area contributed by atoms with E-state index in [1.807, 2.05) is 31.3 Å². The highest BCUT2D eigenvalue weighted by molar-refractivity contribution is 5.26. The number of nitrogens with zero attached hydrogens (tertiary/aromatic N) is 1. The van der Waals surface area contributed by atoms with E-state index in [4.69, 9.17) is 0 Å². The molecule has 2 aromatic rings. The zero-order chi connectivity index (χ0) is 12.8. The van der Waals surface area contributed by atoms with Crippen LogP contribution in [0.3, 0.4) is 0 Å². The number of aryl methyl sites for hydroxylation is 1. The van der Waals surface area contributed by atoms with Crippen molar-refractivity contribution >= 4 is 0 Å². The molecule has 0 fully saturated rings. The van der Waals surface area contributed by atoms with Gasteiger partial charge in [-0.25, -0.2) is 0 Å². The van der Waals surface area contributed by atoms with Gasteiger partial charge in [-0.2, -0.15) is 0 Å². The van der Waals surface area contributed by atoms with Gasteiger partial charge in [0.25, 0.3) is 0 Å². The highest BCUT2D eigenvalue weighted by Gasteiger charge is 1.95. The number of benzene rings is 1. The third-order valence-corrected chi connectivity index (χ3v) is 2.83. The Bertz CT molecular complexity index is 429. The summed E-state index contributed by atoms with van der Waals surface area (Å²) in [6.45, 7) is 3.74. The van der Waals surface area contributed by atoms with E-state index in [1.165, 1.54) is 11.1 Å². The normalized spacial score (nSPS) is 10.5. The monoisotopic (exact) mass is 242 g/mol. The predicted octanol–water partition coefficient (Wildman–Crippen LogP) is 2.43. The van der Waals surface area contributed by atoms with Gasteiger partial charge in [0, 0.05) is 18.4 Å². The number of pyridine rings is 1. The Kier molecular flexibility index (Phi) is 4.31. The molecule has 0 saturated carbocycles. The molecule has 0 unspecified atom stereocenters. The smallest absolute Gasteiger partial charge is 0.115 e. The number of aromatic hydroxyl groups is 1. The summed E-state index contributed by atoms with van der Waals surface area (Å²) >= 11 is 0. The fourth-order valence-corrected chi connectivity index (χ4v) is 1.73. The number of phenolic OH excluding ortho intramolecular Hbond substituents is 1. The van der Waals surface area contributed by atoms with Gasteiger partial charge >= 0.3 is 0 Å². The van der Waals surface area contributed by atoms with Gasteiger partial charge in [0.1, 0.15) is 5.75 Å². The second kappa shape index (κ2) is 6.17. The van der Waals surface area contributed by atoms with Gasteiger partial charge < -0.3 is 10.4 Å². The van der Waals surface area contributed by atoms with E-state index >= 15 is 0 Å². The summed E-state index contributed by atoms with van der Waals surface area (Å²) in [6, 6.07) is 11.5. The molecule has 1 aromatic carbocycles. The van der Waals surface area contributed by atoms with Crippen molar-refractivity contribution in [2.75, 3.05) is 6.54 Å². The minimum Gasteiger partial charge on any atom is -0.508 e. The van der Waals surface area contributed by atoms with Gasteiger partial charge in [0.05, 0.1) is 0 Å². The molecule has 2 N–H and O–H groups in total. The van der Waals surface area contributed by atoms with E-state index in [2.05, 4.69) is 16.4 Å². The molecular formula is C15H18N2O. The number of aromatic nitrogens is 1. The molecule has 0 radical (unpaired) electrons. The van der Waals surface area contributed by atoms with Gasteiger partial charge in [0.15, 0.2) is 0 Å². The van der Waals surface area contributed by atoms with E-state index in [9.17, 15) is 5.11 Å². The fourth-order valence-electron chi connectivity index (χ4n) is 1.73. The van der Waals surface area contributed by atoms with Crippen LogP contribution in [0.25, 0.3) is 0 Å². The zero-order valence-corrected chi connectivity index (χ0v) is 10.6. The Morgan fingerprint density at radius 1 is 1.06 bits per heavy atom. The van der Waals surface area contributed by atoms with Crippen molar-refractivity contribution in [1.29, 1.82) is 0 Å². The maximum absolute atomic E-state index is 9.18. The van der Waals surface area contributed by atoms with Crippen LogP contribution >= 0.6 is 0 Å². The molecule has 0 bridgehead atoms. The first-order chi connectivity index (χ1) is 8.74. The number of phenols is 1. The molecule has 3 heteroatoms. The summed E-state index contributed by atoms with van der Waals surface area (Å²) in [5, 5.41) is 12.6. The molecule has 0 atom stereocenters. The van der Waals surface area contributed by atoms with E-state index < -0.39 is 0 Å². The maximum atomic E-state index is 9.18. The number of hydrogen-bond acceptors (Lipinski definition) is 3. The van der Waals surface area contributed by atoms with Crippen molar-refractivity contribution < 1.29 is 5.11 Å². The molecule has 0 aliphatic rings. The summed E-state index contributed by atoms with van der Waals surface area (Å²) in [5.74, 6) is 0.317. The molecule has 0 spiro atoms. The molecule has 0 aliphatic heterocycles. The second-order valence-electron chi connectivity index (χ2n) is 4.40. The highest BCUT2D eigenvalue weighted by Crippen LogP contribution is 2.09. The van der Waals surface area contributed by atoms with Gasteiger partial charge in [-0.15, -0.1) is 0 Å². The largest absolute Gasteiger partial charge is 0.508 e. The van der Waals surface area contributed by atoms with E-state index in [-0.39, 0.29) is 0 Å². The van der Waals surface area contributed by atoms with Crippen molar-refractivity contribution in [3.8, 4) is 5.75 Å². The minimum atomic E-state index is 0.317. The lowest BCUT2D eigenvalue weighted by atomic mass is 10.1. The van der Waals surface area contributed by atoms with Gasteiger partial charge in [-0.3, -0.25) is 4.98 Å². The summed E-state index contributed by atoms with van der Waals surface area (Å²) in [5.41, 5.74) is 3.47. The molecule has 1 aromatic heterocycles. The Morgan fingerprint density at radius 2 is 1.78 bits per heavy atom. The lowest BCUT2D eigenvalue weighted by Gasteiger charge is -2.05. The van der Waals surface area contributed by atoms with Crippen molar-refractivity contribution in [2.45, 2.75) is 19.9 Å². The van der Waals surface area contributed by atoms with Crippen LogP contribution in [-0.2, 0) is 13.0 Å². The van der Waals surface area contributed by atoms with Crippen LogP contribution < -0.4 is 5.32 Å². The quantitative estimate of drug-likeness (QED) is 0.791. The topological polar surface area (TPSA) is 45.1 Å². The number of hydrogen-bond donors (Lipinski definition) is 2. The van der Waals surface area contributed by atoms with Crippen LogP contribution in [0.1, 0.15) is 16.8 Å². The van der Waals surface area contributed by atoms with Crippen LogP contribution in [0.5, 0.6) is 5.75 Å². The van der Waals surface area contributed by atoms with Crippen molar-refractivity contribution in [1.82, 2.24) is 10.3 Å². The molecule has 94 valence electrons. The fraction of sp³-hybridized carbons (Fsp3) is 0.267. The Morgan fingerprint density at radius 3 is 2.44 bits per heavy atom. The molecule has 0 amide bonds. The Hall–Kier alpha value is -1.87. The average Bonchev–Trinajstić information content (AvgIpc) is 2.39. The van der Waals surface area contributed by atoms with E-state index in [0.29, 0.717) is 5.75 Å². The van der Waals surface area contributed by atoms with Crippen LogP contribution in [0.2, 0.25) is 0 Å². The van der Waals surface area contributed by atoms with Crippen LogP contribution in [-0.4, -0.2) is 16.6 Å². The van der Waals surface area contributed by atoms with Gasteiger partial charge in [-0.05, 0) is 49.2 Å². The average molecular weight is 242 g/mol. The molecule has 0 saturated heterocycles. The molecule has 1 heterocycles. The highest BCUT2D eigenvalue weighted by atomic mass is 16.3. The van der Waals surface area contributed by atoms with Gasteiger partial charge in [-0.1, -0.05) is 18.2 Å². The number of rotatable bonds is 5. The predicted molar refractivity (Wildman–Crippen MR) is 72.5 cm³/mol. The third-order valence-electron chi connectivity index (χ3n) is 2.83. The standard InChI is InChI=1S/C15H18N2O/c1-12-2-3-14(11-17-12)10-16-9-8-13-4-6-15(18)7-5-13/h2-7,11,16,18H,8-10H2,1H3. The lowest BCUT2D eigenvalue weighted by Crippen LogP contribution is -2.16. The zero-order valence-electron chi connectivity index (χ0n) is 10.6. The van der Waals surface area contributed by atoms with Gasteiger partial charge in [0.2, 0.25) is 0 Å². The van der Waals surface area contributed by atoms with E-state index in [0.717, 1.165) is 25.2 Å². The Labute approximate surface area is 108 Å². The molecule has 18 heavy (non-hydrogen) atoms. The molecule has 3 nitrogen and oxygen atoms in total. The molecule has 0 aliphatic carbocycles. The molecular weight excluding hydrogens is 224 g/mol. The first-order valence-corrected chi connectivity index (χ1v) is 6.14. The minimum absolute atomic E-state index is 0.317. The Balaban J connectivity index is 1.73. The first-order valence-electron chi connectivity index (χ1n) is 6.14. The van der Waals surface area contributed by atoms with Crippen LogP contribution in [0.4, 0.5) is 0 Å². The molecule has 2 rings (SSSR count). The van der Waals surface area contributed by atoms with Crippen molar-refractivity contribution in [2.24, 2.45) is 0 Å². The SMILES string of the molecule is Cc1ccc(CNCCc2ccc(O)cc2)cn1. The number of nitrogens with one attached hydrogen (secondary N) is 1. The summed E-state index contributed by atoms with van der Waals surface area (Å²) in [7, 11) is 0. The summed E-state index contributed by atoms with van der Waals surface area (Å²) in [6.07, 6.45) is 2.86. The van der Waals surface area contributed by atoms with Crippen molar-refractivity contribution in [3.05, 3.63) is 59.4 Å². The maximum Gasteiger partial charge on any atom is 0.115 e. The van der Waals surface area contributed by atoms with Crippen LogP contribution in [0.15, 0.2) is 42.6 Å². The summed E-state index contributed by atoms with van der Waals surface area (Å²) < 4.78 is 0. The second-order valence-corrected chi connectivity index (χ2v) is 4.40. The van der Waals surface area contributed by atoms with Crippen molar-refractivity contribution in [3.63, 3.8) is 0 Å². The summed E-state index contributed by atoms with van der Waals surface area (Å²) in [4.78, 5) is 4.26. The van der Waals surface area contributed by atoms with Crippen LogP contribution in [0, 0.1) is 6.92 Å². The lowest BCUT2D eigenvalue weighted by molar-refractivity contribution is 0.475. The van der Waals surface area contributed by atoms with E-state index in [1.54, 1.807) is 12.1 Å². The first kappa shape index (κ1) is 12.6.